The first-order chi connectivity index (χ1) is 37.9. The second-order valence-electron chi connectivity index (χ2n) is 23.9. The van der Waals surface area contributed by atoms with E-state index in [-0.39, 0.29) is 48.8 Å². The van der Waals surface area contributed by atoms with Crippen LogP contribution in [0.15, 0.2) is 45.8 Å². The Balaban J connectivity index is 0.000000221. The van der Waals surface area contributed by atoms with Gasteiger partial charge < -0.3 is 55.1 Å². The quantitative estimate of drug-likeness (QED) is 0.0965. The predicted octanol–water partition coefficient (Wildman–Crippen LogP) is 5.22. The van der Waals surface area contributed by atoms with Gasteiger partial charge in [0.25, 0.3) is 10.1 Å². The van der Waals surface area contributed by atoms with Gasteiger partial charge in [-0.3, -0.25) is 23.4 Å². The third-order valence-electron chi connectivity index (χ3n) is 16.8. The van der Waals surface area contributed by atoms with Gasteiger partial charge in [0.1, 0.15) is 47.0 Å². The number of methoxy groups -OCH3 is 2. The summed E-state index contributed by atoms with van der Waals surface area (Å²) >= 11 is 3.29. The molecule has 24 heteroatoms. The smallest absolute Gasteiger partial charge is 0.408 e. The van der Waals surface area contributed by atoms with Crippen LogP contribution >= 0.6 is 15.9 Å². The molecule has 5 N–H and O–H groups in total. The van der Waals surface area contributed by atoms with Crippen molar-refractivity contribution >= 4 is 73.8 Å². The largest absolute Gasteiger partial charge is 0.467 e. The topological polar surface area (TPSA) is 292 Å². The molecule has 3 saturated heterocycles. The number of hydrogen-bond donors (Lipinski definition) is 5. The van der Waals surface area contributed by atoms with Gasteiger partial charge in [-0.1, -0.05) is 73.0 Å². The fourth-order valence-corrected chi connectivity index (χ4v) is 13.7. The molecule has 442 valence electrons. The van der Waals surface area contributed by atoms with Gasteiger partial charge in [-0.15, -0.1) is 0 Å². The molecule has 7 fully saturated rings. The number of hydrogen-bond acceptors (Lipinski definition) is 16. The lowest BCUT2D eigenvalue weighted by molar-refractivity contribution is -0.148. The Hall–Kier alpha value is -5.33. The summed E-state index contributed by atoms with van der Waals surface area (Å²) in [5.74, 6) is -2.17. The second-order valence-corrected chi connectivity index (χ2v) is 26.4. The number of benzene rings is 1. The molecule has 0 radical (unpaired) electrons. The molecule has 1 aromatic rings. The van der Waals surface area contributed by atoms with E-state index in [2.05, 4.69) is 37.2 Å². The molecular weight excluding hydrogens is 1120 g/mol. The highest BCUT2D eigenvalue weighted by atomic mass is 79.9. The average Bonchev–Trinajstić information content (AvgIpc) is 4.37. The minimum absolute atomic E-state index is 0.0298. The van der Waals surface area contributed by atoms with Gasteiger partial charge in [0, 0.05) is 36.3 Å². The number of aliphatic hydroxyl groups is 1. The SMILES string of the molecule is COC(=O)[C@@]12C[C@H]1/C=C\CCCCC[C@H](NC(=O)OC(C)(C)C)C(=O)N1C[C@@H](O)C[C@H]1C(=O)N2.COC(=O)[C@@]12C[C@H]1CCCCCCC[C@H](NC(=O)OC1C[C@@H]3C[C@@H]3C1)C(=O)N1C[C@@H](OS(=O)(=O)c3ccc(Br)cc3)C[C@H]1C(=O)N2. The van der Waals surface area contributed by atoms with E-state index in [1.165, 1.54) is 42.6 Å². The maximum Gasteiger partial charge on any atom is 0.408 e. The summed E-state index contributed by atoms with van der Waals surface area (Å²) < 4.78 is 53.7. The zero-order valence-corrected chi connectivity index (χ0v) is 48.8. The first-order valence-corrected chi connectivity index (χ1v) is 30.6. The molecule has 1 unspecified atom stereocenters. The minimum Gasteiger partial charge on any atom is -0.467 e. The normalized spacial score (nSPS) is 34.1. The lowest BCUT2D eigenvalue weighted by Gasteiger charge is -2.30. The number of aliphatic hydroxyl groups excluding tert-OH is 1. The molecule has 13 atom stereocenters. The number of esters is 2. The number of nitrogens with one attached hydrogen (secondary N) is 4. The molecule has 0 spiro atoms. The first-order valence-electron chi connectivity index (χ1n) is 28.4. The van der Waals surface area contributed by atoms with Gasteiger partial charge in [0.15, 0.2) is 0 Å². The average molecular weight is 1200 g/mol. The van der Waals surface area contributed by atoms with Gasteiger partial charge in [-0.2, -0.15) is 8.42 Å². The van der Waals surface area contributed by atoms with Gasteiger partial charge in [0.05, 0.1) is 31.3 Å². The number of nitrogens with zero attached hydrogens (tertiary/aromatic N) is 2. The van der Waals surface area contributed by atoms with Gasteiger partial charge in [-0.25, -0.2) is 19.2 Å². The number of halogens is 1. The zero-order valence-electron chi connectivity index (χ0n) is 46.4. The van der Waals surface area contributed by atoms with Crippen LogP contribution in [0.25, 0.3) is 0 Å². The highest BCUT2D eigenvalue weighted by molar-refractivity contribution is 9.10. The van der Waals surface area contributed by atoms with Crippen LogP contribution in [0, 0.1) is 23.7 Å². The molecule has 6 amide bonds. The second kappa shape index (κ2) is 25.4. The van der Waals surface area contributed by atoms with E-state index < -0.39 is 111 Å². The summed E-state index contributed by atoms with van der Waals surface area (Å²) in [6, 6.07) is 2.00. The molecule has 4 aliphatic heterocycles. The van der Waals surface area contributed by atoms with Crippen molar-refractivity contribution in [2.45, 2.75) is 207 Å². The third-order valence-corrected chi connectivity index (χ3v) is 18.7. The summed E-state index contributed by atoms with van der Waals surface area (Å²) in [6.45, 7) is 4.98. The Labute approximate surface area is 476 Å². The first kappa shape index (κ1) is 60.8. The lowest BCUT2D eigenvalue weighted by Crippen LogP contribution is -2.56. The van der Waals surface area contributed by atoms with E-state index in [1.54, 1.807) is 32.9 Å². The van der Waals surface area contributed by atoms with Crippen molar-refractivity contribution in [3.8, 4) is 0 Å². The van der Waals surface area contributed by atoms with Crippen LogP contribution in [0.1, 0.15) is 143 Å². The number of carbonyl (C=O) groups excluding carboxylic acids is 8. The van der Waals surface area contributed by atoms with E-state index in [9.17, 15) is 51.9 Å². The van der Waals surface area contributed by atoms with Crippen molar-refractivity contribution in [1.29, 1.82) is 0 Å². The van der Waals surface area contributed by atoms with Crippen molar-refractivity contribution in [3.63, 3.8) is 0 Å². The molecule has 1 aromatic carbocycles. The monoisotopic (exact) mass is 1200 g/mol. The summed E-state index contributed by atoms with van der Waals surface area (Å²) in [5, 5.41) is 21.4. The molecule has 4 heterocycles. The maximum absolute atomic E-state index is 14.2. The van der Waals surface area contributed by atoms with E-state index >= 15 is 0 Å². The van der Waals surface area contributed by atoms with E-state index in [0.717, 1.165) is 64.2 Å². The molecule has 0 aromatic heterocycles. The van der Waals surface area contributed by atoms with Crippen LogP contribution < -0.4 is 21.3 Å². The molecular formula is C56H79BrN6O16S. The molecule has 0 bridgehead atoms. The molecule has 9 rings (SSSR count). The van der Waals surface area contributed by atoms with Gasteiger partial charge in [0.2, 0.25) is 23.6 Å². The van der Waals surface area contributed by atoms with Crippen LogP contribution in [0.2, 0.25) is 0 Å². The number of allylic oxidation sites excluding steroid dienone is 1. The van der Waals surface area contributed by atoms with Crippen LogP contribution in [0.3, 0.4) is 0 Å². The number of alkyl carbamates (subject to hydrolysis) is 2. The minimum atomic E-state index is -4.23. The Kier molecular flexibility index (Phi) is 19.3. The van der Waals surface area contributed by atoms with E-state index in [1.807, 2.05) is 12.2 Å². The molecule has 22 nitrogen and oxygen atoms in total. The predicted molar refractivity (Wildman–Crippen MR) is 290 cm³/mol. The van der Waals surface area contributed by atoms with Crippen molar-refractivity contribution < 1.29 is 75.0 Å². The van der Waals surface area contributed by atoms with Crippen molar-refractivity contribution in [3.05, 3.63) is 40.9 Å². The van der Waals surface area contributed by atoms with Crippen molar-refractivity contribution in [1.82, 2.24) is 31.1 Å². The van der Waals surface area contributed by atoms with E-state index in [4.69, 9.17) is 23.1 Å². The molecule has 8 aliphatic rings. The summed E-state index contributed by atoms with van der Waals surface area (Å²) in [5.41, 5.74) is -3.07. The number of rotatable bonds is 8. The number of ether oxygens (including phenoxy) is 4. The Morgan fingerprint density at radius 3 is 1.86 bits per heavy atom. The maximum atomic E-state index is 14.2. The fraction of sp³-hybridized carbons (Fsp3) is 0.714. The summed E-state index contributed by atoms with van der Waals surface area (Å²) in [7, 11) is -1.67. The molecule has 4 aliphatic carbocycles. The highest BCUT2D eigenvalue weighted by Gasteiger charge is 2.63. The fourth-order valence-electron chi connectivity index (χ4n) is 12.3. The number of amides is 6. The lowest BCUT2D eigenvalue weighted by atomic mass is 10.0. The Morgan fingerprint density at radius 1 is 0.688 bits per heavy atom. The number of carbonyl (C=O) groups is 8. The van der Waals surface area contributed by atoms with Crippen molar-refractivity contribution in [2.75, 3.05) is 27.3 Å². The van der Waals surface area contributed by atoms with Crippen molar-refractivity contribution in [2.24, 2.45) is 23.7 Å². The summed E-state index contributed by atoms with van der Waals surface area (Å²) in [6.07, 6.45) is 13.1. The Bertz CT molecular complexity index is 2630. The standard InChI is InChI=1S/C32H42BrN3O9S.C24H37N3O7/c1-43-30(39)32-17-21(32)7-5-3-2-4-6-8-26(34-31(40)44-23-14-19-13-20(19)15-23)29(38)36-18-24(16-27(36)28(37)35-32)45-46(41,42)25-11-9-22(33)10-12-25;1-23(2,3)34-22(32)25-17-11-9-7-5-6-8-10-15-13-24(15,21(31)33-4)26-19(29)18-12-16(28)14-27(18)20(17)30/h9-12,19-21,23-24,26-27H,2-8,13-18H2,1H3,(H,34,40)(H,35,37);8,10,15-18,28H,5-7,9,11-14H2,1-4H3,(H,25,32)(H,26,29)/b;10-8-/t19-,20+,21-,23?,24+,26+,27+,32-;15-,16+,17+,18+,24-/m11/s1. The summed E-state index contributed by atoms with van der Waals surface area (Å²) in [4.78, 5) is 108. The molecule has 4 saturated carbocycles. The van der Waals surface area contributed by atoms with Crippen LogP contribution in [0.4, 0.5) is 9.59 Å². The van der Waals surface area contributed by atoms with Crippen LogP contribution in [0.5, 0.6) is 0 Å². The third kappa shape index (κ3) is 14.8. The van der Waals surface area contributed by atoms with Gasteiger partial charge in [-0.05, 0) is 127 Å². The van der Waals surface area contributed by atoms with Gasteiger partial charge >= 0.3 is 24.1 Å². The van der Waals surface area contributed by atoms with Crippen LogP contribution in [-0.4, -0.2) is 158 Å². The van der Waals surface area contributed by atoms with E-state index in [0.29, 0.717) is 54.8 Å². The highest BCUT2D eigenvalue weighted by Crippen LogP contribution is 2.53. The Morgan fingerprint density at radius 2 is 1.24 bits per heavy atom. The van der Waals surface area contributed by atoms with Crippen LogP contribution in [-0.2, 0) is 62.0 Å². The molecule has 80 heavy (non-hydrogen) atoms. The number of fused-ring (bicyclic) bond motifs is 5. The zero-order chi connectivity index (χ0) is 57.7.